The molecule has 2 heterocycles. The minimum Gasteiger partial charge on any atom is -0.481 e. The lowest BCUT2D eigenvalue weighted by Crippen LogP contribution is -2.57. The van der Waals surface area contributed by atoms with Gasteiger partial charge >= 0.3 is 0 Å². The van der Waals surface area contributed by atoms with Crippen molar-refractivity contribution in [1.82, 2.24) is 4.98 Å². The van der Waals surface area contributed by atoms with E-state index < -0.39 is 5.54 Å². The topological polar surface area (TPSA) is 42.4 Å². The largest absolute Gasteiger partial charge is 0.481 e. The Balaban J connectivity index is 1.49. The number of pyridine rings is 1. The highest BCUT2D eigenvalue weighted by molar-refractivity contribution is 5.98. The van der Waals surface area contributed by atoms with Crippen LogP contribution in [0.4, 0.5) is 5.69 Å². The highest BCUT2D eigenvalue weighted by Crippen LogP contribution is 2.50. The summed E-state index contributed by atoms with van der Waals surface area (Å²) in [6.45, 7) is 6.52. The van der Waals surface area contributed by atoms with E-state index in [9.17, 15) is 4.79 Å². The molecule has 4 aromatic rings. The molecule has 0 N–H and O–H groups in total. The summed E-state index contributed by atoms with van der Waals surface area (Å²) in [5, 5.41) is 0.990. The predicted octanol–water partition coefficient (Wildman–Crippen LogP) is 6.14. The fourth-order valence-corrected chi connectivity index (χ4v) is 5.43. The number of benzene rings is 3. The van der Waals surface area contributed by atoms with Crippen LogP contribution < -0.4 is 9.64 Å². The standard InChI is InChI=1S/C29H28N2O2/c1-28(2)20-29(3,22-13-5-4-6-14-22)23-15-7-8-16-24(23)31(28)26(32)19-33-25-17-9-11-21-12-10-18-30-27(21)25/h4-18H,19-20H2,1-3H3. The molecular formula is C29H28N2O2. The Morgan fingerprint density at radius 3 is 2.45 bits per heavy atom. The maximum Gasteiger partial charge on any atom is 0.265 e. The monoisotopic (exact) mass is 436 g/mol. The lowest BCUT2D eigenvalue weighted by atomic mass is 9.65. The SMILES string of the molecule is CC1(c2ccccc2)CC(C)(C)N(C(=O)COc2cccc3cccnc23)c2ccccc21. The summed E-state index contributed by atoms with van der Waals surface area (Å²) in [7, 11) is 0. The van der Waals surface area contributed by atoms with Crippen LogP contribution in [0.2, 0.25) is 0 Å². The van der Waals surface area contributed by atoms with Crippen molar-refractivity contribution < 1.29 is 9.53 Å². The van der Waals surface area contributed by atoms with E-state index in [-0.39, 0.29) is 17.9 Å². The number of hydrogen-bond acceptors (Lipinski definition) is 3. The third-order valence-electron chi connectivity index (χ3n) is 6.74. The van der Waals surface area contributed by atoms with Crippen LogP contribution in [-0.2, 0) is 10.2 Å². The van der Waals surface area contributed by atoms with Crippen LogP contribution >= 0.6 is 0 Å². The number of anilines is 1. The van der Waals surface area contributed by atoms with Gasteiger partial charge in [0.1, 0.15) is 11.3 Å². The minimum atomic E-state index is -0.392. The van der Waals surface area contributed by atoms with Gasteiger partial charge < -0.3 is 9.64 Å². The summed E-state index contributed by atoms with van der Waals surface area (Å²) >= 11 is 0. The van der Waals surface area contributed by atoms with Crippen LogP contribution in [0, 0.1) is 0 Å². The molecular weight excluding hydrogens is 408 g/mol. The number of nitrogens with zero attached hydrogens (tertiary/aromatic N) is 2. The number of carbonyl (C=O) groups is 1. The Kier molecular flexibility index (Phi) is 5.16. The normalized spacial score (nSPS) is 19.2. The zero-order valence-corrected chi connectivity index (χ0v) is 19.3. The van der Waals surface area contributed by atoms with Crippen LogP contribution in [0.3, 0.4) is 0 Å². The van der Waals surface area contributed by atoms with E-state index in [1.54, 1.807) is 6.20 Å². The summed E-state index contributed by atoms with van der Waals surface area (Å²) in [5.74, 6) is 0.564. The second-order valence-corrected chi connectivity index (χ2v) is 9.55. The predicted molar refractivity (Wildman–Crippen MR) is 133 cm³/mol. The third-order valence-corrected chi connectivity index (χ3v) is 6.74. The zero-order chi connectivity index (χ0) is 23.1. The van der Waals surface area contributed by atoms with Crippen molar-refractivity contribution >= 4 is 22.5 Å². The van der Waals surface area contributed by atoms with E-state index in [2.05, 4.69) is 68.2 Å². The molecule has 1 atom stereocenters. The first kappa shape index (κ1) is 21.2. The van der Waals surface area contributed by atoms with Crippen LogP contribution in [0.15, 0.2) is 91.1 Å². The molecule has 4 heteroatoms. The number of carbonyl (C=O) groups excluding carboxylic acids is 1. The molecule has 0 spiro atoms. The zero-order valence-electron chi connectivity index (χ0n) is 19.3. The molecule has 33 heavy (non-hydrogen) atoms. The molecule has 0 radical (unpaired) electrons. The number of fused-ring (bicyclic) bond motifs is 2. The fourth-order valence-electron chi connectivity index (χ4n) is 5.43. The minimum absolute atomic E-state index is 0.0461. The highest BCUT2D eigenvalue weighted by Gasteiger charge is 2.47. The molecule has 166 valence electrons. The van der Waals surface area contributed by atoms with E-state index in [0.29, 0.717) is 5.75 Å². The van der Waals surface area contributed by atoms with Crippen molar-refractivity contribution in [3.05, 3.63) is 102 Å². The maximum atomic E-state index is 13.6. The van der Waals surface area contributed by atoms with Gasteiger partial charge in [-0.15, -0.1) is 0 Å². The molecule has 4 nitrogen and oxygen atoms in total. The van der Waals surface area contributed by atoms with Gasteiger partial charge in [-0.25, -0.2) is 0 Å². The number of hydrogen-bond donors (Lipinski definition) is 0. The molecule has 5 rings (SSSR count). The smallest absolute Gasteiger partial charge is 0.265 e. The van der Waals surface area contributed by atoms with Gasteiger partial charge in [-0.3, -0.25) is 9.78 Å². The molecule has 1 amide bonds. The second kappa shape index (κ2) is 8.04. The fraction of sp³-hybridized carbons (Fsp3) is 0.241. The average molecular weight is 437 g/mol. The second-order valence-electron chi connectivity index (χ2n) is 9.55. The Bertz CT molecular complexity index is 1310. The summed E-state index contributed by atoms with van der Waals surface area (Å²) < 4.78 is 6.03. The molecule has 1 aliphatic heterocycles. The van der Waals surface area contributed by atoms with E-state index in [1.807, 2.05) is 47.4 Å². The van der Waals surface area contributed by atoms with E-state index in [4.69, 9.17) is 4.74 Å². The van der Waals surface area contributed by atoms with Gasteiger partial charge in [0.05, 0.1) is 0 Å². The van der Waals surface area contributed by atoms with Crippen LogP contribution in [0.5, 0.6) is 5.75 Å². The number of para-hydroxylation sites is 2. The Morgan fingerprint density at radius 2 is 1.64 bits per heavy atom. The molecule has 0 bridgehead atoms. The highest BCUT2D eigenvalue weighted by atomic mass is 16.5. The van der Waals surface area contributed by atoms with Crippen LogP contribution in [0.1, 0.15) is 38.3 Å². The maximum absolute atomic E-state index is 13.6. The molecule has 3 aromatic carbocycles. The molecule has 0 aliphatic carbocycles. The van der Waals surface area contributed by atoms with Crippen molar-refractivity contribution in [2.45, 2.75) is 38.1 Å². The first-order valence-electron chi connectivity index (χ1n) is 11.3. The lowest BCUT2D eigenvalue weighted by molar-refractivity contribution is -0.121. The van der Waals surface area contributed by atoms with Gasteiger partial charge in [0.2, 0.25) is 0 Å². The first-order valence-corrected chi connectivity index (χ1v) is 11.3. The Morgan fingerprint density at radius 1 is 0.909 bits per heavy atom. The van der Waals surface area contributed by atoms with Crippen molar-refractivity contribution in [2.24, 2.45) is 0 Å². The van der Waals surface area contributed by atoms with Gasteiger partial charge in [0.25, 0.3) is 5.91 Å². The van der Waals surface area contributed by atoms with Gasteiger partial charge in [0.15, 0.2) is 6.61 Å². The quantitative estimate of drug-likeness (QED) is 0.386. The molecule has 1 aromatic heterocycles. The summed E-state index contributed by atoms with van der Waals surface area (Å²) in [6, 6.07) is 28.5. The van der Waals surface area contributed by atoms with E-state index in [0.717, 1.165) is 28.6 Å². The number of rotatable bonds is 4. The first-order chi connectivity index (χ1) is 15.9. The van der Waals surface area contributed by atoms with E-state index in [1.165, 1.54) is 5.56 Å². The molecule has 1 aliphatic rings. The number of aromatic nitrogens is 1. The molecule has 0 saturated carbocycles. The molecule has 1 unspecified atom stereocenters. The van der Waals surface area contributed by atoms with Gasteiger partial charge in [-0.2, -0.15) is 0 Å². The summed E-state index contributed by atoms with van der Waals surface area (Å²) in [5.41, 5.74) is 3.55. The summed E-state index contributed by atoms with van der Waals surface area (Å²) in [6.07, 6.45) is 2.55. The number of ether oxygens (including phenoxy) is 1. The molecule has 0 saturated heterocycles. The van der Waals surface area contributed by atoms with Crippen LogP contribution in [0.25, 0.3) is 10.9 Å². The van der Waals surface area contributed by atoms with Gasteiger partial charge in [-0.05, 0) is 49.6 Å². The van der Waals surface area contributed by atoms with E-state index >= 15 is 0 Å². The third kappa shape index (κ3) is 3.66. The van der Waals surface area contributed by atoms with Crippen molar-refractivity contribution in [2.75, 3.05) is 11.5 Å². The Hall–Kier alpha value is -3.66. The number of amides is 1. The van der Waals surface area contributed by atoms with Crippen molar-refractivity contribution in [3.8, 4) is 5.75 Å². The van der Waals surface area contributed by atoms with Gasteiger partial charge in [-0.1, -0.05) is 73.7 Å². The van der Waals surface area contributed by atoms with Crippen LogP contribution in [-0.4, -0.2) is 23.0 Å². The lowest BCUT2D eigenvalue weighted by Gasteiger charge is -2.51. The summed E-state index contributed by atoms with van der Waals surface area (Å²) in [4.78, 5) is 20.0. The average Bonchev–Trinajstić information content (AvgIpc) is 2.82. The van der Waals surface area contributed by atoms with Gasteiger partial charge in [0, 0.05) is 28.2 Å². The van der Waals surface area contributed by atoms with Crippen molar-refractivity contribution in [3.63, 3.8) is 0 Å². The Labute approximate surface area is 194 Å². The van der Waals surface area contributed by atoms with Crippen molar-refractivity contribution in [1.29, 1.82) is 0 Å². The molecule has 0 fully saturated rings.